The summed E-state index contributed by atoms with van der Waals surface area (Å²) in [4.78, 5) is 4.73. The number of hydrogen-bond donors (Lipinski definition) is 2. The average Bonchev–Trinajstić information content (AvgIpc) is 3.15. The summed E-state index contributed by atoms with van der Waals surface area (Å²) in [6, 6.07) is 3.91. The van der Waals surface area contributed by atoms with Crippen LogP contribution in [0.5, 0.6) is 0 Å². The highest BCUT2D eigenvalue weighted by atomic mass is 16.3. The molecular weight excluding hydrogens is 302 g/mol. The summed E-state index contributed by atoms with van der Waals surface area (Å²) in [6.07, 6.45) is 4.83. The summed E-state index contributed by atoms with van der Waals surface area (Å²) < 4.78 is 7.28. The molecule has 6 nitrogen and oxygen atoms in total. The number of aromatic nitrogens is 2. The summed E-state index contributed by atoms with van der Waals surface area (Å²) in [5, 5.41) is 11.2. The van der Waals surface area contributed by atoms with E-state index in [2.05, 4.69) is 29.6 Å². The first-order valence-electron chi connectivity index (χ1n) is 8.65. The summed E-state index contributed by atoms with van der Waals surface area (Å²) in [5.74, 6) is 1.83. The van der Waals surface area contributed by atoms with E-state index in [0.717, 1.165) is 49.8 Å². The van der Waals surface area contributed by atoms with E-state index >= 15 is 0 Å². The van der Waals surface area contributed by atoms with Crippen LogP contribution in [0.25, 0.3) is 0 Å². The molecule has 2 N–H and O–H groups in total. The zero-order valence-corrected chi connectivity index (χ0v) is 15.2. The maximum atomic E-state index is 5.37. The quantitative estimate of drug-likeness (QED) is 0.443. The molecule has 0 amide bonds. The molecule has 0 saturated heterocycles. The zero-order valence-electron chi connectivity index (χ0n) is 15.2. The second kappa shape index (κ2) is 9.15. The van der Waals surface area contributed by atoms with E-state index in [1.807, 2.05) is 30.8 Å². The lowest BCUT2D eigenvalue weighted by molar-refractivity contribution is 0.506. The minimum Gasteiger partial charge on any atom is -0.469 e. The molecule has 0 aromatic carbocycles. The molecule has 24 heavy (non-hydrogen) atoms. The normalized spacial score (nSPS) is 11.8. The summed E-state index contributed by atoms with van der Waals surface area (Å²) in [5.41, 5.74) is 3.40. The molecule has 2 rings (SSSR count). The molecule has 0 fully saturated rings. The van der Waals surface area contributed by atoms with Gasteiger partial charge in [0.25, 0.3) is 0 Å². The van der Waals surface area contributed by atoms with E-state index in [0.29, 0.717) is 6.54 Å². The van der Waals surface area contributed by atoms with Crippen LogP contribution in [0.4, 0.5) is 0 Å². The van der Waals surface area contributed by atoms with Crippen molar-refractivity contribution >= 4 is 5.96 Å². The van der Waals surface area contributed by atoms with E-state index in [4.69, 9.17) is 9.41 Å². The Balaban J connectivity index is 1.95. The Labute approximate surface area is 144 Å². The highest BCUT2D eigenvalue weighted by Gasteiger charge is 2.09. The van der Waals surface area contributed by atoms with Gasteiger partial charge >= 0.3 is 0 Å². The lowest BCUT2D eigenvalue weighted by Crippen LogP contribution is -2.39. The average molecular weight is 331 g/mol. The summed E-state index contributed by atoms with van der Waals surface area (Å²) >= 11 is 0. The van der Waals surface area contributed by atoms with Gasteiger partial charge in [-0.25, -0.2) is 4.99 Å². The van der Waals surface area contributed by atoms with E-state index in [1.165, 1.54) is 11.3 Å². The smallest absolute Gasteiger partial charge is 0.191 e. The van der Waals surface area contributed by atoms with Gasteiger partial charge in [-0.3, -0.25) is 4.68 Å². The van der Waals surface area contributed by atoms with E-state index < -0.39 is 0 Å². The number of aryl methyl sites for hydroxylation is 2. The van der Waals surface area contributed by atoms with Gasteiger partial charge in [0.1, 0.15) is 5.76 Å². The Kier molecular flexibility index (Phi) is 6.90. The van der Waals surface area contributed by atoms with Crippen LogP contribution < -0.4 is 10.6 Å². The van der Waals surface area contributed by atoms with Crippen molar-refractivity contribution < 1.29 is 4.42 Å². The van der Waals surface area contributed by atoms with Gasteiger partial charge in [0.2, 0.25) is 0 Å². The monoisotopic (exact) mass is 331 g/mol. The Morgan fingerprint density at radius 1 is 1.29 bits per heavy atom. The molecule has 0 aliphatic heterocycles. The van der Waals surface area contributed by atoms with Crippen molar-refractivity contribution in [2.24, 2.45) is 12.0 Å². The molecular formula is C18H29N5O. The van der Waals surface area contributed by atoms with Gasteiger partial charge in [0, 0.05) is 37.8 Å². The fourth-order valence-electron chi connectivity index (χ4n) is 2.52. The van der Waals surface area contributed by atoms with Crippen LogP contribution in [0.3, 0.4) is 0 Å². The van der Waals surface area contributed by atoms with Crippen molar-refractivity contribution in [3.8, 4) is 0 Å². The molecule has 0 unspecified atom stereocenters. The minimum absolute atomic E-state index is 0.633. The Morgan fingerprint density at radius 3 is 2.71 bits per heavy atom. The number of nitrogens with one attached hydrogen (secondary N) is 2. The third-order valence-electron chi connectivity index (χ3n) is 4.12. The summed E-state index contributed by atoms with van der Waals surface area (Å²) in [7, 11) is 1.97. The SMILES string of the molecule is CCCCNC(=NCc1c(C)nn(C)c1C)NCCc1ccco1. The van der Waals surface area contributed by atoms with Gasteiger partial charge < -0.3 is 15.1 Å². The van der Waals surface area contributed by atoms with E-state index in [1.54, 1.807) is 6.26 Å². The van der Waals surface area contributed by atoms with Gasteiger partial charge in [-0.2, -0.15) is 5.10 Å². The number of aliphatic imine (C=N–C) groups is 1. The number of rotatable bonds is 8. The number of guanidine groups is 1. The highest BCUT2D eigenvalue weighted by molar-refractivity contribution is 5.79. The number of nitrogens with zero attached hydrogens (tertiary/aromatic N) is 3. The van der Waals surface area contributed by atoms with Crippen molar-refractivity contribution in [1.82, 2.24) is 20.4 Å². The molecule has 0 atom stereocenters. The van der Waals surface area contributed by atoms with Crippen molar-refractivity contribution in [1.29, 1.82) is 0 Å². The molecule has 6 heteroatoms. The second-order valence-corrected chi connectivity index (χ2v) is 5.97. The molecule has 0 aliphatic rings. The third kappa shape index (κ3) is 5.15. The van der Waals surface area contributed by atoms with Crippen molar-refractivity contribution in [3.63, 3.8) is 0 Å². The van der Waals surface area contributed by atoms with E-state index in [9.17, 15) is 0 Å². The molecule has 2 aromatic rings. The molecule has 0 spiro atoms. The van der Waals surface area contributed by atoms with Crippen LogP contribution in [0.15, 0.2) is 27.8 Å². The third-order valence-corrected chi connectivity index (χ3v) is 4.12. The highest BCUT2D eigenvalue weighted by Crippen LogP contribution is 2.12. The molecule has 0 saturated carbocycles. The van der Waals surface area contributed by atoms with Gasteiger partial charge in [-0.15, -0.1) is 0 Å². The van der Waals surface area contributed by atoms with Gasteiger partial charge in [-0.05, 0) is 32.4 Å². The summed E-state index contributed by atoms with van der Waals surface area (Å²) in [6.45, 7) is 8.65. The lowest BCUT2D eigenvalue weighted by Gasteiger charge is -2.12. The van der Waals surface area contributed by atoms with Crippen LogP contribution in [-0.4, -0.2) is 28.8 Å². The standard InChI is InChI=1S/C18H29N5O/c1-5-6-10-19-18(20-11-9-16-8-7-12-24-16)21-13-17-14(2)22-23(4)15(17)3/h7-8,12H,5-6,9-11,13H2,1-4H3,(H2,19,20,21). The molecule has 0 aliphatic carbocycles. The predicted octanol–water partition coefficient (Wildman–Crippen LogP) is 2.71. The molecule has 2 heterocycles. The predicted molar refractivity (Wildman–Crippen MR) is 97.1 cm³/mol. The Bertz CT molecular complexity index is 643. The Hall–Kier alpha value is -2.24. The maximum Gasteiger partial charge on any atom is 0.191 e. The van der Waals surface area contributed by atoms with Crippen molar-refractivity contribution in [2.75, 3.05) is 13.1 Å². The molecule has 132 valence electrons. The number of hydrogen-bond acceptors (Lipinski definition) is 3. The molecule has 2 aromatic heterocycles. The lowest BCUT2D eigenvalue weighted by atomic mass is 10.2. The van der Waals surface area contributed by atoms with Crippen LogP contribution in [-0.2, 0) is 20.0 Å². The van der Waals surface area contributed by atoms with Gasteiger partial charge in [0.05, 0.1) is 18.5 Å². The second-order valence-electron chi connectivity index (χ2n) is 5.97. The van der Waals surface area contributed by atoms with Crippen molar-refractivity contribution in [3.05, 3.63) is 41.1 Å². The van der Waals surface area contributed by atoms with Crippen LogP contribution in [0.1, 0.15) is 42.5 Å². The first-order valence-corrected chi connectivity index (χ1v) is 8.65. The van der Waals surface area contributed by atoms with E-state index in [-0.39, 0.29) is 0 Å². The largest absolute Gasteiger partial charge is 0.469 e. The fourth-order valence-corrected chi connectivity index (χ4v) is 2.52. The first kappa shape index (κ1) is 18.1. The number of furan rings is 1. The van der Waals surface area contributed by atoms with Gasteiger partial charge in [0.15, 0.2) is 5.96 Å². The number of unbranched alkanes of at least 4 members (excludes halogenated alkanes) is 1. The maximum absolute atomic E-state index is 5.37. The first-order chi connectivity index (χ1) is 11.6. The van der Waals surface area contributed by atoms with Crippen LogP contribution >= 0.6 is 0 Å². The molecule has 0 bridgehead atoms. The van der Waals surface area contributed by atoms with Crippen LogP contribution in [0.2, 0.25) is 0 Å². The zero-order chi connectivity index (χ0) is 17.4. The topological polar surface area (TPSA) is 67.4 Å². The van der Waals surface area contributed by atoms with Crippen LogP contribution in [0, 0.1) is 13.8 Å². The van der Waals surface area contributed by atoms with Crippen molar-refractivity contribution in [2.45, 2.75) is 46.6 Å². The minimum atomic E-state index is 0.633. The van der Waals surface area contributed by atoms with Gasteiger partial charge in [-0.1, -0.05) is 13.3 Å². The molecule has 0 radical (unpaired) electrons. The Morgan fingerprint density at radius 2 is 2.08 bits per heavy atom. The fraction of sp³-hybridized carbons (Fsp3) is 0.556.